The zero-order valence-corrected chi connectivity index (χ0v) is 11.8. The molecular formula is C17H17N3O. The standard InChI is InChI=1S/C17H17N3O/c1-13(14-7-3-2-4-8-14)19-12-17(21)20-16-10-6-5-9-15(16)11-18/h2-10,13,19H,12H2,1H3,(H,20,21)/t13-/m0/s1. The number of anilines is 1. The van der Waals surface area contributed by atoms with Crippen molar-refractivity contribution < 1.29 is 4.79 Å². The maximum absolute atomic E-state index is 11.9. The van der Waals surface area contributed by atoms with Crippen LogP contribution in [0.15, 0.2) is 54.6 Å². The quantitative estimate of drug-likeness (QED) is 0.884. The topological polar surface area (TPSA) is 64.9 Å². The summed E-state index contributed by atoms with van der Waals surface area (Å²) in [6, 6.07) is 19.0. The average molecular weight is 279 g/mol. The molecule has 1 amide bonds. The van der Waals surface area contributed by atoms with E-state index < -0.39 is 0 Å². The normalized spacial score (nSPS) is 11.4. The summed E-state index contributed by atoms with van der Waals surface area (Å²) in [6.45, 7) is 2.20. The fourth-order valence-corrected chi connectivity index (χ4v) is 1.99. The third-order valence-electron chi connectivity index (χ3n) is 3.19. The molecule has 4 heteroatoms. The Labute approximate surface area is 124 Å². The molecule has 2 N–H and O–H groups in total. The van der Waals surface area contributed by atoms with E-state index in [0.717, 1.165) is 5.56 Å². The second-order valence-electron chi connectivity index (χ2n) is 4.72. The zero-order valence-electron chi connectivity index (χ0n) is 11.8. The molecule has 106 valence electrons. The van der Waals surface area contributed by atoms with Gasteiger partial charge in [0.2, 0.25) is 5.91 Å². The van der Waals surface area contributed by atoms with Gasteiger partial charge in [-0.1, -0.05) is 42.5 Å². The van der Waals surface area contributed by atoms with Crippen LogP contribution < -0.4 is 10.6 Å². The number of amides is 1. The van der Waals surface area contributed by atoms with Crippen LogP contribution in [0.4, 0.5) is 5.69 Å². The maximum Gasteiger partial charge on any atom is 0.238 e. The molecule has 0 radical (unpaired) electrons. The first-order chi connectivity index (χ1) is 10.2. The Morgan fingerprint density at radius 2 is 1.81 bits per heavy atom. The summed E-state index contributed by atoms with van der Waals surface area (Å²) < 4.78 is 0. The fourth-order valence-electron chi connectivity index (χ4n) is 1.99. The van der Waals surface area contributed by atoms with Crippen molar-refractivity contribution in [1.29, 1.82) is 5.26 Å². The molecule has 2 aromatic rings. The fraction of sp³-hybridized carbons (Fsp3) is 0.176. The van der Waals surface area contributed by atoms with Gasteiger partial charge in [0.05, 0.1) is 17.8 Å². The third kappa shape index (κ3) is 4.16. The molecule has 0 aromatic heterocycles. The lowest BCUT2D eigenvalue weighted by molar-refractivity contribution is -0.115. The van der Waals surface area contributed by atoms with Gasteiger partial charge in [0.1, 0.15) is 6.07 Å². The first-order valence-electron chi connectivity index (χ1n) is 6.78. The van der Waals surface area contributed by atoms with Crippen molar-refractivity contribution in [2.24, 2.45) is 0 Å². The molecule has 0 saturated heterocycles. The smallest absolute Gasteiger partial charge is 0.238 e. The van der Waals surface area contributed by atoms with Gasteiger partial charge in [0.25, 0.3) is 0 Å². The van der Waals surface area contributed by atoms with Crippen LogP contribution in [-0.4, -0.2) is 12.5 Å². The summed E-state index contributed by atoms with van der Waals surface area (Å²) in [5, 5.41) is 14.9. The van der Waals surface area contributed by atoms with E-state index in [1.807, 2.05) is 37.3 Å². The lowest BCUT2D eigenvalue weighted by atomic mass is 10.1. The average Bonchev–Trinajstić information content (AvgIpc) is 2.54. The van der Waals surface area contributed by atoms with Gasteiger partial charge in [-0.2, -0.15) is 5.26 Å². The summed E-state index contributed by atoms with van der Waals surface area (Å²) in [5.41, 5.74) is 2.13. The van der Waals surface area contributed by atoms with Gasteiger partial charge >= 0.3 is 0 Å². The van der Waals surface area contributed by atoms with Crippen molar-refractivity contribution in [3.63, 3.8) is 0 Å². The van der Waals surface area contributed by atoms with Crippen molar-refractivity contribution >= 4 is 11.6 Å². The van der Waals surface area contributed by atoms with Gasteiger partial charge in [-0.25, -0.2) is 0 Å². The molecule has 21 heavy (non-hydrogen) atoms. The molecule has 2 rings (SSSR count). The summed E-state index contributed by atoms with van der Waals surface area (Å²) in [7, 11) is 0. The minimum absolute atomic E-state index is 0.0863. The van der Waals surface area contributed by atoms with Crippen LogP contribution in [0.3, 0.4) is 0 Å². The molecule has 0 aliphatic heterocycles. The van der Waals surface area contributed by atoms with Crippen molar-refractivity contribution in [1.82, 2.24) is 5.32 Å². The molecule has 0 aliphatic rings. The molecule has 0 fully saturated rings. The zero-order chi connectivity index (χ0) is 15.1. The number of hydrogen-bond donors (Lipinski definition) is 2. The Morgan fingerprint density at radius 3 is 2.52 bits per heavy atom. The van der Waals surface area contributed by atoms with Crippen LogP contribution in [0.25, 0.3) is 0 Å². The number of hydrogen-bond acceptors (Lipinski definition) is 3. The molecule has 4 nitrogen and oxygen atoms in total. The summed E-state index contributed by atoms with van der Waals surface area (Å²) in [6.07, 6.45) is 0. The molecule has 2 aromatic carbocycles. The SMILES string of the molecule is C[C@H](NCC(=O)Nc1ccccc1C#N)c1ccccc1. The van der Waals surface area contributed by atoms with E-state index in [4.69, 9.17) is 5.26 Å². The highest BCUT2D eigenvalue weighted by atomic mass is 16.1. The van der Waals surface area contributed by atoms with E-state index >= 15 is 0 Å². The second-order valence-corrected chi connectivity index (χ2v) is 4.72. The number of nitrogens with zero attached hydrogens (tertiary/aromatic N) is 1. The van der Waals surface area contributed by atoms with Crippen LogP contribution in [0, 0.1) is 11.3 Å². The predicted octanol–water partition coefficient (Wildman–Crippen LogP) is 2.85. The van der Waals surface area contributed by atoms with Gasteiger partial charge in [-0.15, -0.1) is 0 Å². The minimum atomic E-state index is -0.166. The Kier molecular flexibility index (Phi) is 5.08. The molecule has 0 unspecified atom stereocenters. The van der Waals surface area contributed by atoms with Crippen molar-refractivity contribution in [2.75, 3.05) is 11.9 Å². The van der Waals surface area contributed by atoms with E-state index in [1.54, 1.807) is 24.3 Å². The van der Waals surface area contributed by atoms with Gasteiger partial charge in [-0.3, -0.25) is 4.79 Å². The number of carbonyl (C=O) groups excluding carboxylic acids is 1. The first-order valence-corrected chi connectivity index (χ1v) is 6.78. The first kappa shape index (κ1) is 14.8. The number of rotatable bonds is 5. The van der Waals surface area contributed by atoms with E-state index in [0.29, 0.717) is 11.3 Å². The third-order valence-corrected chi connectivity index (χ3v) is 3.19. The molecule has 0 heterocycles. The highest BCUT2D eigenvalue weighted by Gasteiger charge is 2.09. The molecule has 0 spiro atoms. The van der Waals surface area contributed by atoms with Crippen LogP contribution in [0.5, 0.6) is 0 Å². The lowest BCUT2D eigenvalue weighted by Crippen LogP contribution is -2.30. The molecule has 1 atom stereocenters. The Balaban J connectivity index is 1.90. The largest absolute Gasteiger partial charge is 0.324 e. The molecule has 0 bridgehead atoms. The highest BCUT2D eigenvalue weighted by Crippen LogP contribution is 2.14. The van der Waals surface area contributed by atoms with Crippen LogP contribution >= 0.6 is 0 Å². The Morgan fingerprint density at radius 1 is 1.14 bits per heavy atom. The number of carbonyl (C=O) groups is 1. The monoisotopic (exact) mass is 279 g/mol. The summed E-state index contributed by atoms with van der Waals surface area (Å²) in [5.74, 6) is -0.166. The predicted molar refractivity (Wildman–Crippen MR) is 82.6 cm³/mol. The van der Waals surface area contributed by atoms with E-state index in [-0.39, 0.29) is 18.5 Å². The van der Waals surface area contributed by atoms with Crippen molar-refractivity contribution in [2.45, 2.75) is 13.0 Å². The van der Waals surface area contributed by atoms with Crippen molar-refractivity contribution in [3.05, 3.63) is 65.7 Å². The minimum Gasteiger partial charge on any atom is -0.324 e. The van der Waals surface area contributed by atoms with Crippen LogP contribution in [0.1, 0.15) is 24.1 Å². The van der Waals surface area contributed by atoms with Crippen LogP contribution in [0.2, 0.25) is 0 Å². The van der Waals surface area contributed by atoms with E-state index in [2.05, 4.69) is 16.7 Å². The number of nitriles is 1. The van der Waals surface area contributed by atoms with Gasteiger partial charge < -0.3 is 10.6 Å². The number of benzene rings is 2. The summed E-state index contributed by atoms with van der Waals surface area (Å²) in [4.78, 5) is 11.9. The van der Waals surface area contributed by atoms with E-state index in [9.17, 15) is 4.79 Å². The molecule has 0 saturated carbocycles. The van der Waals surface area contributed by atoms with Gasteiger partial charge in [0, 0.05) is 6.04 Å². The number of para-hydroxylation sites is 1. The highest BCUT2D eigenvalue weighted by molar-refractivity contribution is 5.93. The van der Waals surface area contributed by atoms with Crippen LogP contribution in [-0.2, 0) is 4.79 Å². The second kappa shape index (κ2) is 7.22. The lowest BCUT2D eigenvalue weighted by Gasteiger charge is -2.14. The molecule has 0 aliphatic carbocycles. The van der Waals surface area contributed by atoms with Crippen molar-refractivity contribution in [3.8, 4) is 6.07 Å². The Hall–Kier alpha value is -2.64. The van der Waals surface area contributed by atoms with Gasteiger partial charge in [0.15, 0.2) is 0 Å². The Bertz CT molecular complexity index is 647. The van der Waals surface area contributed by atoms with E-state index in [1.165, 1.54) is 0 Å². The maximum atomic E-state index is 11.9. The van der Waals surface area contributed by atoms with Gasteiger partial charge in [-0.05, 0) is 24.6 Å². The summed E-state index contributed by atoms with van der Waals surface area (Å²) >= 11 is 0. The number of nitrogens with one attached hydrogen (secondary N) is 2. The molecular weight excluding hydrogens is 262 g/mol.